The number of piperazine rings is 1. The Bertz CT molecular complexity index is 1110. The lowest BCUT2D eigenvalue weighted by Crippen LogP contribution is -2.51. The van der Waals surface area contributed by atoms with Crippen LogP contribution in [0.1, 0.15) is 27.8 Å². The molecular weight excluding hydrogens is 422 g/mol. The van der Waals surface area contributed by atoms with E-state index in [1.165, 1.54) is 0 Å². The summed E-state index contributed by atoms with van der Waals surface area (Å²) in [5, 5.41) is 8.36. The summed E-state index contributed by atoms with van der Waals surface area (Å²) < 4.78 is 13.3. The van der Waals surface area contributed by atoms with Crippen LogP contribution in [0.4, 0.5) is 0 Å². The summed E-state index contributed by atoms with van der Waals surface area (Å²) in [5.74, 6) is 0.395. The van der Waals surface area contributed by atoms with Gasteiger partial charge in [-0.2, -0.15) is 0 Å². The second-order valence-corrected chi connectivity index (χ2v) is 8.05. The van der Waals surface area contributed by atoms with Crippen LogP contribution < -0.4 is 4.74 Å². The van der Waals surface area contributed by atoms with Gasteiger partial charge in [-0.1, -0.05) is 53.7 Å². The van der Waals surface area contributed by atoms with Gasteiger partial charge in [-0.25, -0.2) is 4.68 Å². The zero-order valence-electron chi connectivity index (χ0n) is 18.2. The van der Waals surface area contributed by atoms with Crippen LogP contribution in [0.25, 0.3) is 0 Å². The summed E-state index contributed by atoms with van der Waals surface area (Å²) >= 11 is 0. The van der Waals surface area contributed by atoms with Crippen LogP contribution in [0.3, 0.4) is 0 Å². The predicted molar refractivity (Wildman–Crippen MR) is 118 cm³/mol. The normalized spacial score (nSPS) is 18.0. The van der Waals surface area contributed by atoms with Crippen LogP contribution >= 0.6 is 0 Å². The molecule has 0 unspecified atom stereocenters. The Hall–Kier alpha value is -3.72. The van der Waals surface area contributed by atoms with Gasteiger partial charge in [0.05, 0.1) is 18.8 Å². The van der Waals surface area contributed by atoms with Crippen molar-refractivity contribution in [3.63, 3.8) is 0 Å². The van der Waals surface area contributed by atoms with Gasteiger partial charge in [0.15, 0.2) is 12.3 Å². The quantitative estimate of drug-likeness (QED) is 0.594. The first-order valence-corrected chi connectivity index (χ1v) is 11.0. The number of aromatic nitrogens is 3. The van der Waals surface area contributed by atoms with Gasteiger partial charge in [-0.15, -0.1) is 5.10 Å². The molecule has 2 aromatic carbocycles. The lowest BCUT2D eigenvalue weighted by Gasteiger charge is -2.34. The van der Waals surface area contributed by atoms with E-state index >= 15 is 0 Å². The summed E-state index contributed by atoms with van der Waals surface area (Å²) in [6.45, 7) is 2.57. The molecule has 1 aromatic heterocycles. The number of hydrogen-bond acceptors (Lipinski definition) is 6. The number of para-hydroxylation sites is 1. The van der Waals surface area contributed by atoms with Crippen LogP contribution in [0.2, 0.25) is 0 Å². The third kappa shape index (κ3) is 4.58. The zero-order valence-corrected chi connectivity index (χ0v) is 18.2. The lowest BCUT2D eigenvalue weighted by atomic mass is 10.1. The van der Waals surface area contributed by atoms with Crippen LogP contribution in [0.15, 0.2) is 60.7 Å². The topological polar surface area (TPSA) is 89.8 Å². The maximum atomic E-state index is 13.1. The molecule has 1 atom stereocenters. The molecule has 2 aliphatic rings. The molecule has 2 amide bonds. The minimum Gasteiger partial charge on any atom is -0.484 e. The first-order valence-electron chi connectivity index (χ1n) is 11.0. The monoisotopic (exact) mass is 447 g/mol. The maximum Gasteiger partial charge on any atom is 0.276 e. The number of benzene rings is 2. The number of carbonyl (C=O) groups is 2. The fourth-order valence-electron chi connectivity index (χ4n) is 4.11. The standard InChI is InChI=1S/C24H25N5O4/c30-22(17-32-19-9-5-2-6-10-19)27-11-13-28(14-12-27)24(31)23-20-16-33-21(15-29(20)26-25-23)18-7-3-1-4-8-18/h1-10,21H,11-17H2/t21-/m0/s1. The fourth-order valence-corrected chi connectivity index (χ4v) is 4.11. The molecule has 9 heteroatoms. The van der Waals surface area contributed by atoms with Gasteiger partial charge in [0.2, 0.25) is 0 Å². The van der Waals surface area contributed by atoms with Crippen molar-refractivity contribution in [3.8, 4) is 5.75 Å². The lowest BCUT2D eigenvalue weighted by molar-refractivity contribution is -0.134. The third-order valence-electron chi connectivity index (χ3n) is 6.00. The first-order chi connectivity index (χ1) is 16.2. The average molecular weight is 447 g/mol. The molecule has 0 aliphatic carbocycles. The first kappa shape index (κ1) is 21.1. The molecule has 0 N–H and O–H groups in total. The van der Waals surface area contributed by atoms with Crippen molar-refractivity contribution >= 4 is 11.8 Å². The highest BCUT2D eigenvalue weighted by atomic mass is 16.5. The fraction of sp³-hybridized carbons (Fsp3) is 0.333. The number of fused-ring (bicyclic) bond motifs is 1. The number of nitrogens with zero attached hydrogens (tertiary/aromatic N) is 5. The minimum absolute atomic E-state index is 0.0175. The van der Waals surface area contributed by atoms with Crippen LogP contribution in [0, 0.1) is 0 Å². The van der Waals surface area contributed by atoms with E-state index in [1.54, 1.807) is 14.5 Å². The molecule has 3 heterocycles. The number of hydrogen-bond donors (Lipinski definition) is 0. The summed E-state index contributed by atoms with van der Waals surface area (Å²) in [4.78, 5) is 29.0. The highest BCUT2D eigenvalue weighted by molar-refractivity contribution is 5.93. The Morgan fingerprint density at radius 3 is 2.33 bits per heavy atom. The van der Waals surface area contributed by atoms with Crippen molar-refractivity contribution in [2.24, 2.45) is 0 Å². The highest BCUT2D eigenvalue weighted by Crippen LogP contribution is 2.27. The molecule has 1 fully saturated rings. The molecule has 1 saturated heterocycles. The van der Waals surface area contributed by atoms with E-state index < -0.39 is 0 Å². The molecule has 0 bridgehead atoms. The third-order valence-corrected chi connectivity index (χ3v) is 6.00. The van der Waals surface area contributed by atoms with Gasteiger partial charge < -0.3 is 19.3 Å². The molecule has 33 heavy (non-hydrogen) atoms. The molecule has 0 saturated carbocycles. The summed E-state index contributed by atoms with van der Waals surface area (Å²) in [5.41, 5.74) is 2.10. The zero-order chi connectivity index (χ0) is 22.6. The van der Waals surface area contributed by atoms with Gasteiger partial charge in [0.25, 0.3) is 11.8 Å². The van der Waals surface area contributed by atoms with Gasteiger partial charge in [-0.3, -0.25) is 9.59 Å². The smallest absolute Gasteiger partial charge is 0.276 e. The van der Waals surface area contributed by atoms with Crippen molar-refractivity contribution in [2.75, 3.05) is 32.8 Å². The van der Waals surface area contributed by atoms with Gasteiger partial charge in [-0.05, 0) is 17.7 Å². The Morgan fingerprint density at radius 1 is 0.939 bits per heavy atom. The Kier molecular flexibility index (Phi) is 6.03. The SMILES string of the molecule is O=C(COc1ccccc1)N1CCN(C(=O)c2nnn3c2CO[C@H](c2ccccc2)C3)CC1. The Labute approximate surface area is 191 Å². The molecule has 3 aromatic rings. The van der Waals surface area contributed by atoms with E-state index in [2.05, 4.69) is 10.3 Å². The summed E-state index contributed by atoms with van der Waals surface area (Å²) in [7, 11) is 0. The van der Waals surface area contributed by atoms with E-state index in [4.69, 9.17) is 9.47 Å². The maximum absolute atomic E-state index is 13.1. The highest BCUT2D eigenvalue weighted by Gasteiger charge is 2.32. The minimum atomic E-state index is -0.175. The molecule has 170 valence electrons. The average Bonchev–Trinajstić information content (AvgIpc) is 3.31. The number of ether oxygens (including phenoxy) is 2. The van der Waals surface area contributed by atoms with Crippen molar-refractivity contribution in [3.05, 3.63) is 77.6 Å². The summed E-state index contributed by atoms with van der Waals surface area (Å²) in [6.07, 6.45) is -0.115. The van der Waals surface area contributed by atoms with Crippen LogP contribution in [-0.2, 0) is 22.7 Å². The molecule has 0 radical (unpaired) electrons. The van der Waals surface area contributed by atoms with E-state index in [0.717, 1.165) is 5.56 Å². The van der Waals surface area contributed by atoms with E-state index in [-0.39, 0.29) is 31.1 Å². The number of amides is 2. The molecule has 2 aliphatic heterocycles. The second kappa shape index (κ2) is 9.41. The Morgan fingerprint density at radius 2 is 1.61 bits per heavy atom. The largest absolute Gasteiger partial charge is 0.484 e. The summed E-state index contributed by atoms with van der Waals surface area (Å²) in [6, 6.07) is 19.2. The molecule has 9 nitrogen and oxygen atoms in total. The van der Waals surface area contributed by atoms with Crippen molar-refractivity contribution in [1.29, 1.82) is 0 Å². The van der Waals surface area contributed by atoms with Crippen molar-refractivity contribution in [1.82, 2.24) is 24.8 Å². The van der Waals surface area contributed by atoms with Gasteiger partial charge >= 0.3 is 0 Å². The molecular formula is C24H25N5O4. The molecule has 0 spiro atoms. The van der Waals surface area contributed by atoms with Crippen molar-refractivity contribution in [2.45, 2.75) is 19.3 Å². The number of rotatable bonds is 5. The van der Waals surface area contributed by atoms with Crippen molar-refractivity contribution < 1.29 is 19.1 Å². The Balaban J connectivity index is 1.16. The second-order valence-electron chi connectivity index (χ2n) is 8.05. The van der Waals surface area contributed by atoms with Gasteiger partial charge in [0, 0.05) is 26.2 Å². The van der Waals surface area contributed by atoms with E-state index in [0.29, 0.717) is 49.9 Å². The van der Waals surface area contributed by atoms with E-state index in [1.807, 2.05) is 60.7 Å². The number of carbonyl (C=O) groups excluding carboxylic acids is 2. The molecule has 5 rings (SSSR count). The van der Waals surface area contributed by atoms with Crippen LogP contribution in [0.5, 0.6) is 5.75 Å². The predicted octanol–water partition coefficient (Wildman–Crippen LogP) is 1.91. The van der Waals surface area contributed by atoms with E-state index in [9.17, 15) is 9.59 Å². The van der Waals surface area contributed by atoms with Crippen LogP contribution in [-0.4, -0.2) is 69.4 Å². The van der Waals surface area contributed by atoms with Gasteiger partial charge in [0.1, 0.15) is 11.9 Å².